The Hall–Kier alpha value is -0.840. The van der Waals surface area contributed by atoms with Crippen LogP contribution in [0.2, 0.25) is 0 Å². The lowest BCUT2D eigenvalue weighted by Gasteiger charge is -2.07. The van der Waals surface area contributed by atoms with Gasteiger partial charge in [0.1, 0.15) is 5.78 Å². The lowest BCUT2D eigenvalue weighted by molar-refractivity contribution is -0.116. The third kappa shape index (κ3) is 2.81. The molecule has 1 aromatic rings. The molecule has 0 aromatic heterocycles. The number of halogens is 4. The van der Waals surface area contributed by atoms with Gasteiger partial charge in [0.2, 0.25) is 0 Å². The molecule has 0 saturated heterocycles. The Morgan fingerprint density at radius 3 is 2.47 bits per heavy atom. The zero-order valence-corrected chi connectivity index (χ0v) is 9.45. The Bertz CT molecular complexity index is 392. The molecule has 0 bridgehead atoms. The van der Waals surface area contributed by atoms with Crippen LogP contribution in [0.1, 0.15) is 12.5 Å². The molecule has 1 nitrogen and oxygen atoms in total. The van der Waals surface area contributed by atoms with Gasteiger partial charge in [0.15, 0.2) is 17.5 Å². The van der Waals surface area contributed by atoms with Crippen LogP contribution in [0.15, 0.2) is 12.1 Å². The minimum absolute atomic E-state index is 0.00162. The van der Waals surface area contributed by atoms with Gasteiger partial charge in [-0.25, -0.2) is 13.2 Å². The summed E-state index contributed by atoms with van der Waals surface area (Å²) >= 11 is 3.02. The molecule has 1 rings (SSSR count). The average Bonchev–Trinajstić information content (AvgIpc) is 2.18. The van der Waals surface area contributed by atoms with Crippen LogP contribution in [0.4, 0.5) is 13.2 Å². The fourth-order valence-corrected chi connectivity index (χ4v) is 1.41. The van der Waals surface area contributed by atoms with Gasteiger partial charge in [-0.2, -0.15) is 0 Å². The van der Waals surface area contributed by atoms with E-state index in [0.29, 0.717) is 0 Å². The Morgan fingerprint density at radius 2 is 1.93 bits per heavy atom. The van der Waals surface area contributed by atoms with Gasteiger partial charge in [0, 0.05) is 0 Å². The predicted molar refractivity (Wildman–Crippen MR) is 53.4 cm³/mol. The van der Waals surface area contributed by atoms with E-state index in [-0.39, 0.29) is 17.8 Å². The number of hydrogen-bond acceptors (Lipinski definition) is 1. The standard InChI is InChI=1S/C10H8BrF3O/c1-5(15)7(11)4-6-2-3-8(12)10(14)9(6)13/h2-3,7H,4H2,1H3. The van der Waals surface area contributed by atoms with E-state index in [4.69, 9.17) is 0 Å². The van der Waals surface area contributed by atoms with E-state index >= 15 is 0 Å². The number of benzene rings is 1. The SMILES string of the molecule is CC(=O)C(Br)Cc1ccc(F)c(F)c1F. The van der Waals surface area contributed by atoms with E-state index in [2.05, 4.69) is 15.9 Å². The molecule has 0 aliphatic heterocycles. The Kier molecular flexibility index (Phi) is 3.90. The predicted octanol–water partition coefficient (Wildman–Crippen LogP) is 3.00. The molecule has 0 N–H and O–H groups in total. The van der Waals surface area contributed by atoms with Gasteiger partial charge in [-0.05, 0) is 25.0 Å². The number of rotatable bonds is 3. The fraction of sp³-hybridized carbons (Fsp3) is 0.300. The van der Waals surface area contributed by atoms with E-state index in [9.17, 15) is 18.0 Å². The van der Waals surface area contributed by atoms with Crippen molar-refractivity contribution in [3.05, 3.63) is 35.1 Å². The molecule has 0 radical (unpaired) electrons. The Balaban J connectivity index is 2.97. The summed E-state index contributed by atoms with van der Waals surface area (Å²) in [4.78, 5) is 10.3. The third-order valence-corrected chi connectivity index (χ3v) is 2.92. The molecule has 0 fully saturated rings. The maximum absolute atomic E-state index is 13.1. The molecule has 0 spiro atoms. The minimum Gasteiger partial charge on any atom is -0.299 e. The molecule has 5 heteroatoms. The van der Waals surface area contributed by atoms with Crippen LogP contribution in [-0.2, 0) is 11.2 Å². The molecular weight excluding hydrogens is 273 g/mol. The third-order valence-electron chi connectivity index (χ3n) is 1.96. The first-order valence-corrected chi connectivity index (χ1v) is 5.12. The van der Waals surface area contributed by atoms with Crippen LogP contribution in [-0.4, -0.2) is 10.6 Å². The normalized spacial score (nSPS) is 12.6. The van der Waals surface area contributed by atoms with Gasteiger partial charge >= 0.3 is 0 Å². The molecule has 0 heterocycles. The van der Waals surface area contributed by atoms with E-state index in [0.717, 1.165) is 12.1 Å². The molecule has 82 valence electrons. The topological polar surface area (TPSA) is 17.1 Å². The molecule has 0 aliphatic carbocycles. The van der Waals surface area contributed by atoms with Crippen molar-refractivity contribution >= 4 is 21.7 Å². The van der Waals surface area contributed by atoms with E-state index in [1.165, 1.54) is 6.92 Å². The second-order valence-electron chi connectivity index (χ2n) is 3.12. The molecule has 1 unspecified atom stereocenters. The van der Waals surface area contributed by atoms with Crippen LogP contribution in [0.25, 0.3) is 0 Å². The molecule has 0 aliphatic rings. The maximum Gasteiger partial charge on any atom is 0.194 e. The number of carbonyl (C=O) groups is 1. The second-order valence-corrected chi connectivity index (χ2v) is 4.22. The second kappa shape index (κ2) is 4.79. The fourth-order valence-electron chi connectivity index (χ4n) is 1.06. The summed E-state index contributed by atoms with van der Waals surface area (Å²) in [5.41, 5.74) is -0.0222. The first-order valence-electron chi connectivity index (χ1n) is 4.20. The number of alkyl halides is 1. The van der Waals surface area contributed by atoms with Gasteiger partial charge in [-0.1, -0.05) is 22.0 Å². The number of hydrogen-bond donors (Lipinski definition) is 0. The highest BCUT2D eigenvalue weighted by Crippen LogP contribution is 2.19. The molecule has 1 aromatic carbocycles. The van der Waals surface area contributed by atoms with Crippen LogP contribution < -0.4 is 0 Å². The summed E-state index contributed by atoms with van der Waals surface area (Å²) in [5.74, 6) is -4.17. The van der Waals surface area contributed by atoms with E-state index < -0.39 is 22.3 Å². The van der Waals surface area contributed by atoms with Crippen molar-refractivity contribution in [1.29, 1.82) is 0 Å². The number of carbonyl (C=O) groups excluding carboxylic acids is 1. The van der Waals surface area contributed by atoms with E-state index in [1.54, 1.807) is 0 Å². The first kappa shape index (κ1) is 12.2. The summed E-state index contributed by atoms with van der Waals surface area (Å²) in [5, 5.41) is 0. The van der Waals surface area contributed by atoms with Crippen LogP contribution in [0, 0.1) is 17.5 Å². The van der Waals surface area contributed by atoms with Gasteiger partial charge < -0.3 is 0 Å². The molecule has 15 heavy (non-hydrogen) atoms. The smallest absolute Gasteiger partial charge is 0.194 e. The zero-order chi connectivity index (χ0) is 11.6. The van der Waals surface area contributed by atoms with Gasteiger partial charge in [-0.3, -0.25) is 4.79 Å². The highest BCUT2D eigenvalue weighted by atomic mass is 79.9. The molecule has 0 amide bonds. The minimum atomic E-state index is -1.50. The van der Waals surface area contributed by atoms with Crippen molar-refractivity contribution in [3.63, 3.8) is 0 Å². The molecule has 0 saturated carbocycles. The molecular formula is C10H8BrF3O. The quantitative estimate of drug-likeness (QED) is 0.615. The van der Waals surface area contributed by atoms with Crippen molar-refractivity contribution < 1.29 is 18.0 Å². The first-order chi connectivity index (χ1) is 6.93. The van der Waals surface area contributed by atoms with Gasteiger partial charge in [0.05, 0.1) is 4.83 Å². The highest BCUT2D eigenvalue weighted by molar-refractivity contribution is 9.10. The monoisotopic (exact) mass is 280 g/mol. The average molecular weight is 281 g/mol. The zero-order valence-electron chi connectivity index (χ0n) is 7.86. The van der Waals surface area contributed by atoms with Crippen molar-refractivity contribution in [2.24, 2.45) is 0 Å². The maximum atomic E-state index is 13.1. The Morgan fingerprint density at radius 1 is 1.33 bits per heavy atom. The molecule has 1 atom stereocenters. The van der Waals surface area contributed by atoms with Crippen molar-refractivity contribution in [2.75, 3.05) is 0 Å². The lowest BCUT2D eigenvalue weighted by Crippen LogP contribution is -2.14. The van der Waals surface area contributed by atoms with Crippen molar-refractivity contribution in [1.82, 2.24) is 0 Å². The van der Waals surface area contributed by atoms with Crippen LogP contribution >= 0.6 is 15.9 Å². The van der Waals surface area contributed by atoms with Crippen molar-refractivity contribution in [3.8, 4) is 0 Å². The number of Topliss-reactive ketones (excluding diaryl/α,β-unsaturated/α-hetero) is 1. The largest absolute Gasteiger partial charge is 0.299 e. The van der Waals surface area contributed by atoms with Crippen molar-refractivity contribution in [2.45, 2.75) is 18.2 Å². The van der Waals surface area contributed by atoms with Gasteiger partial charge in [-0.15, -0.1) is 0 Å². The Labute approximate surface area is 93.4 Å². The lowest BCUT2D eigenvalue weighted by atomic mass is 10.1. The van der Waals surface area contributed by atoms with Crippen LogP contribution in [0.3, 0.4) is 0 Å². The summed E-state index contributed by atoms with van der Waals surface area (Å²) in [6, 6.07) is 1.97. The summed E-state index contributed by atoms with van der Waals surface area (Å²) < 4.78 is 38.5. The summed E-state index contributed by atoms with van der Waals surface area (Å²) in [7, 11) is 0. The van der Waals surface area contributed by atoms with Gasteiger partial charge in [0.25, 0.3) is 0 Å². The van der Waals surface area contributed by atoms with E-state index in [1.807, 2.05) is 0 Å². The highest BCUT2D eigenvalue weighted by Gasteiger charge is 2.17. The summed E-state index contributed by atoms with van der Waals surface area (Å²) in [6.45, 7) is 1.33. The van der Waals surface area contributed by atoms with Crippen LogP contribution in [0.5, 0.6) is 0 Å². The number of ketones is 1. The summed E-state index contributed by atoms with van der Waals surface area (Å²) in [6.07, 6.45) is -0.00162.